The highest BCUT2D eigenvalue weighted by atomic mass is 32.2. The van der Waals surface area contributed by atoms with Gasteiger partial charge in [-0.3, -0.25) is 4.98 Å². The molecule has 1 N–H and O–H groups in total. The van der Waals surface area contributed by atoms with E-state index in [1.807, 2.05) is 38.1 Å². The molecule has 0 unspecified atom stereocenters. The zero-order valence-electron chi connectivity index (χ0n) is 13.1. The summed E-state index contributed by atoms with van der Waals surface area (Å²) in [6.45, 7) is 4.13. The molecule has 0 bridgehead atoms. The van der Waals surface area contributed by atoms with E-state index < -0.39 is 10.0 Å². The fraction of sp³-hybridized carbons (Fsp3) is 0.167. The first-order valence-corrected chi connectivity index (χ1v) is 8.85. The number of benzene rings is 2. The maximum Gasteiger partial charge on any atom is 0.240 e. The Morgan fingerprint density at radius 3 is 2.48 bits per heavy atom. The van der Waals surface area contributed by atoms with Gasteiger partial charge in [0.2, 0.25) is 10.0 Å². The zero-order chi connectivity index (χ0) is 16.4. The third kappa shape index (κ3) is 3.41. The van der Waals surface area contributed by atoms with Crippen molar-refractivity contribution in [1.29, 1.82) is 0 Å². The molecule has 0 atom stereocenters. The molecule has 3 rings (SSSR count). The summed E-state index contributed by atoms with van der Waals surface area (Å²) in [6, 6.07) is 14.7. The fourth-order valence-corrected chi connectivity index (χ4v) is 3.55. The van der Waals surface area contributed by atoms with Crippen LogP contribution in [0.2, 0.25) is 0 Å². The largest absolute Gasteiger partial charge is 0.256 e. The van der Waals surface area contributed by atoms with Gasteiger partial charge in [-0.2, -0.15) is 0 Å². The van der Waals surface area contributed by atoms with Crippen LogP contribution >= 0.6 is 0 Å². The summed E-state index contributed by atoms with van der Waals surface area (Å²) < 4.78 is 27.5. The van der Waals surface area contributed by atoms with Crippen LogP contribution in [0.1, 0.15) is 16.7 Å². The van der Waals surface area contributed by atoms with Gasteiger partial charge in [0.25, 0.3) is 0 Å². The van der Waals surface area contributed by atoms with E-state index in [0.29, 0.717) is 0 Å². The van der Waals surface area contributed by atoms with Gasteiger partial charge in [-0.15, -0.1) is 0 Å². The summed E-state index contributed by atoms with van der Waals surface area (Å²) in [5.41, 5.74) is 3.80. The first-order valence-electron chi connectivity index (χ1n) is 7.36. The second-order valence-corrected chi connectivity index (χ2v) is 7.40. The minimum atomic E-state index is -3.53. The third-order valence-corrected chi connectivity index (χ3v) is 5.13. The highest BCUT2D eigenvalue weighted by Gasteiger charge is 2.14. The number of hydrogen-bond acceptors (Lipinski definition) is 3. The average Bonchev–Trinajstić information content (AvgIpc) is 2.53. The molecule has 3 aromatic rings. The van der Waals surface area contributed by atoms with Crippen molar-refractivity contribution in [2.24, 2.45) is 0 Å². The molecule has 0 aliphatic carbocycles. The number of aryl methyl sites for hydroxylation is 2. The Labute approximate surface area is 136 Å². The summed E-state index contributed by atoms with van der Waals surface area (Å²) in [5, 5.41) is 1.01. The highest BCUT2D eigenvalue weighted by molar-refractivity contribution is 7.89. The van der Waals surface area contributed by atoms with E-state index in [2.05, 4.69) is 9.71 Å². The van der Waals surface area contributed by atoms with E-state index in [4.69, 9.17) is 0 Å². The van der Waals surface area contributed by atoms with Crippen LogP contribution in [0.3, 0.4) is 0 Å². The lowest BCUT2D eigenvalue weighted by Gasteiger charge is -2.10. The topological polar surface area (TPSA) is 59.1 Å². The van der Waals surface area contributed by atoms with Crippen molar-refractivity contribution < 1.29 is 8.42 Å². The first kappa shape index (κ1) is 15.6. The van der Waals surface area contributed by atoms with Gasteiger partial charge in [0.05, 0.1) is 10.4 Å². The van der Waals surface area contributed by atoms with Crippen molar-refractivity contribution in [3.63, 3.8) is 0 Å². The van der Waals surface area contributed by atoms with Crippen LogP contribution in [0.4, 0.5) is 0 Å². The molecule has 0 amide bonds. The maximum absolute atomic E-state index is 12.4. The van der Waals surface area contributed by atoms with Gasteiger partial charge in [0, 0.05) is 18.1 Å². The van der Waals surface area contributed by atoms with Gasteiger partial charge in [0.15, 0.2) is 0 Å². The standard InChI is InChI=1S/C18H18N2O2S/c1-13-5-7-17(8-6-13)23(21,22)20-12-16-11-14(2)10-15-4-3-9-19-18(15)16/h3-11,20H,12H2,1-2H3. The Hall–Kier alpha value is -2.24. The van der Waals surface area contributed by atoms with Gasteiger partial charge in [-0.1, -0.05) is 35.4 Å². The second kappa shape index (κ2) is 6.10. The molecule has 0 radical (unpaired) electrons. The van der Waals surface area contributed by atoms with E-state index in [1.54, 1.807) is 30.5 Å². The van der Waals surface area contributed by atoms with Crippen LogP contribution in [0.15, 0.2) is 59.6 Å². The maximum atomic E-state index is 12.4. The summed E-state index contributed by atoms with van der Waals surface area (Å²) in [6.07, 6.45) is 1.72. The number of pyridine rings is 1. The minimum absolute atomic E-state index is 0.214. The molecule has 0 saturated carbocycles. The van der Waals surface area contributed by atoms with Gasteiger partial charge in [0.1, 0.15) is 0 Å². The Morgan fingerprint density at radius 2 is 1.74 bits per heavy atom. The number of fused-ring (bicyclic) bond motifs is 1. The number of sulfonamides is 1. The molecule has 4 nitrogen and oxygen atoms in total. The van der Waals surface area contributed by atoms with Crippen LogP contribution in [0.25, 0.3) is 10.9 Å². The lowest BCUT2D eigenvalue weighted by molar-refractivity contribution is 0.581. The monoisotopic (exact) mass is 326 g/mol. The van der Waals surface area contributed by atoms with Crippen LogP contribution in [0.5, 0.6) is 0 Å². The van der Waals surface area contributed by atoms with Crippen LogP contribution in [-0.4, -0.2) is 13.4 Å². The quantitative estimate of drug-likeness (QED) is 0.800. The van der Waals surface area contributed by atoms with Crippen LogP contribution < -0.4 is 4.72 Å². The molecule has 1 heterocycles. The Bertz CT molecular complexity index is 948. The molecule has 0 fully saturated rings. The minimum Gasteiger partial charge on any atom is -0.256 e. The van der Waals surface area contributed by atoms with Gasteiger partial charge in [-0.05, 0) is 43.7 Å². The van der Waals surface area contributed by atoms with E-state index in [1.165, 1.54) is 0 Å². The summed E-state index contributed by atoms with van der Waals surface area (Å²) in [5.74, 6) is 0. The zero-order valence-corrected chi connectivity index (χ0v) is 13.9. The van der Waals surface area contributed by atoms with Gasteiger partial charge >= 0.3 is 0 Å². The number of nitrogens with one attached hydrogen (secondary N) is 1. The molecule has 0 spiro atoms. The smallest absolute Gasteiger partial charge is 0.240 e. The van der Waals surface area contributed by atoms with Crippen LogP contribution in [-0.2, 0) is 16.6 Å². The molecule has 0 saturated heterocycles. The lowest BCUT2D eigenvalue weighted by atomic mass is 10.1. The van der Waals surface area contributed by atoms with Crippen molar-refractivity contribution in [2.75, 3.05) is 0 Å². The number of hydrogen-bond donors (Lipinski definition) is 1. The molecule has 118 valence electrons. The normalized spacial score (nSPS) is 11.7. The Balaban J connectivity index is 1.90. The van der Waals surface area contributed by atoms with Crippen molar-refractivity contribution >= 4 is 20.9 Å². The third-order valence-electron chi connectivity index (χ3n) is 3.71. The molecule has 2 aromatic carbocycles. The number of rotatable bonds is 4. The Morgan fingerprint density at radius 1 is 1.00 bits per heavy atom. The van der Waals surface area contributed by atoms with Crippen molar-refractivity contribution in [3.05, 3.63) is 71.4 Å². The number of aromatic nitrogens is 1. The van der Waals surface area contributed by atoms with Crippen molar-refractivity contribution in [3.8, 4) is 0 Å². The molecule has 23 heavy (non-hydrogen) atoms. The van der Waals surface area contributed by atoms with E-state index >= 15 is 0 Å². The summed E-state index contributed by atoms with van der Waals surface area (Å²) >= 11 is 0. The SMILES string of the molecule is Cc1ccc(S(=O)(=O)NCc2cc(C)cc3cccnc23)cc1. The molecule has 5 heteroatoms. The van der Waals surface area contributed by atoms with E-state index in [0.717, 1.165) is 27.6 Å². The molecule has 1 aromatic heterocycles. The van der Waals surface area contributed by atoms with E-state index in [-0.39, 0.29) is 11.4 Å². The summed E-state index contributed by atoms with van der Waals surface area (Å²) in [4.78, 5) is 4.64. The van der Waals surface area contributed by atoms with Crippen molar-refractivity contribution in [1.82, 2.24) is 9.71 Å². The van der Waals surface area contributed by atoms with Gasteiger partial charge in [-0.25, -0.2) is 13.1 Å². The molecular formula is C18H18N2O2S. The predicted octanol–water partition coefficient (Wildman–Crippen LogP) is 3.33. The van der Waals surface area contributed by atoms with Crippen LogP contribution in [0, 0.1) is 13.8 Å². The molecule has 0 aliphatic rings. The fourth-order valence-electron chi connectivity index (χ4n) is 2.54. The lowest BCUT2D eigenvalue weighted by Crippen LogP contribution is -2.23. The molecular weight excluding hydrogens is 308 g/mol. The van der Waals surface area contributed by atoms with E-state index in [9.17, 15) is 8.42 Å². The average molecular weight is 326 g/mol. The predicted molar refractivity (Wildman–Crippen MR) is 91.7 cm³/mol. The second-order valence-electron chi connectivity index (χ2n) is 5.64. The van der Waals surface area contributed by atoms with Crippen molar-refractivity contribution in [2.45, 2.75) is 25.3 Å². The Kier molecular flexibility index (Phi) is 4.15. The highest BCUT2D eigenvalue weighted by Crippen LogP contribution is 2.19. The van der Waals surface area contributed by atoms with Gasteiger partial charge < -0.3 is 0 Å². The first-order chi connectivity index (χ1) is 11.0. The number of nitrogens with zero attached hydrogens (tertiary/aromatic N) is 1. The summed E-state index contributed by atoms with van der Waals surface area (Å²) in [7, 11) is -3.53. The molecule has 0 aliphatic heterocycles.